The van der Waals surface area contributed by atoms with Crippen molar-refractivity contribution in [2.24, 2.45) is 0 Å². The van der Waals surface area contributed by atoms with Crippen LogP contribution in [0.3, 0.4) is 0 Å². The minimum atomic E-state index is -0.332. The van der Waals surface area contributed by atoms with Crippen LogP contribution in [-0.4, -0.2) is 12.4 Å². The van der Waals surface area contributed by atoms with Crippen LogP contribution in [0.25, 0.3) is 0 Å². The summed E-state index contributed by atoms with van der Waals surface area (Å²) in [6.07, 6.45) is 0. The Hall–Kier alpha value is -1.32. The molecule has 2 rings (SSSR count). The van der Waals surface area contributed by atoms with E-state index in [0.717, 1.165) is 16.6 Å². The Labute approximate surface area is 128 Å². The molecule has 0 bridgehead atoms. The Balaban J connectivity index is 2.06. The van der Waals surface area contributed by atoms with Gasteiger partial charge in [0.2, 0.25) is 0 Å². The molecule has 0 aromatic heterocycles. The maximum atomic E-state index is 6.14. The van der Waals surface area contributed by atoms with Crippen molar-refractivity contribution in [3.8, 4) is 5.75 Å². The first-order valence-electron chi connectivity index (χ1n) is 6.56. The van der Waals surface area contributed by atoms with Gasteiger partial charge in [0.15, 0.2) is 0 Å². The highest BCUT2D eigenvalue weighted by atomic mass is 79.9. The first kappa shape index (κ1) is 15.1. The lowest BCUT2D eigenvalue weighted by atomic mass is 9.98. The summed E-state index contributed by atoms with van der Waals surface area (Å²) in [5.74, 6) is 0.861. The molecule has 106 valence electrons. The van der Waals surface area contributed by atoms with E-state index in [2.05, 4.69) is 35.0 Å². The third-order valence-electron chi connectivity index (χ3n) is 3.36. The SMILES string of the molecule is COc1ccc(COC(C)(CBr)c2ccccc2)cc1. The molecule has 2 aromatic rings. The molecule has 2 aromatic carbocycles. The summed E-state index contributed by atoms with van der Waals surface area (Å²) >= 11 is 3.56. The molecule has 1 unspecified atom stereocenters. The lowest BCUT2D eigenvalue weighted by Gasteiger charge is -2.28. The largest absolute Gasteiger partial charge is 0.497 e. The van der Waals surface area contributed by atoms with E-state index in [1.165, 1.54) is 5.56 Å². The summed E-state index contributed by atoms with van der Waals surface area (Å²) < 4.78 is 11.3. The summed E-state index contributed by atoms with van der Waals surface area (Å²) in [6, 6.07) is 18.2. The smallest absolute Gasteiger partial charge is 0.118 e. The van der Waals surface area contributed by atoms with Crippen LogP contribution in [0.4, 0.5) is 0 Å². The molecule has 0 saturated carbocycles. The fourth-order valence-electron chi connectivity index (χ4n) is 1.95. The molecule has 20 heavy (non-hydrogen) atoms. The van der Waals surface area contributed by atoms with Gasteiger partial charge in [0.25, 0.3) is 0 Å². The molecule has 2 nitrogen and oxygen atoms in total. The van der Waals surface area contributed by atoms with Gasteiger partial charge in [0.05, 0.1) is 13.7 Å². The van der Waals surface area contributed by atoms with E-state index in [1.807, 2.05) is 42.5 Å². The van der Waals surface area contributed by atoms with Crippen molar-refractivity contribution in [1.29, 1.82) is 0 Å². The highest BCUT2D eigenvalue weighted by Crippen LogP contribution is 2.28. The van der Waals surface area contributed by atoms with E-state index in [-0.39, 0.29) is 5.60 Å². The fraction of sp³-hybridized carbons (Fsp3) is 0.294. The van der Waals surface area contributed by atoms with Gasteiger partial charge in [-0.3, -0.25) is 0 Å². The number of hydrogen-bond acceptors (Lipinski definition) is 2. The van der Waals surface area contributed by atoms with E-state index in [1.54, 1.807) is 7.11 Å². The Morgan fingerprint density at radius 3 is 2.20 bits per heavy atom. The maximum Gasteiger partial charge on any atom is 0.118 e. The number of methoxy groups -OCH3 is 1. The first-order valence-corrected chi connectivity index (χ1v) is 7.68. The van der Waals surface area contributed by atoms with Crippen LogP contribution in [0.2, 0.25) is 0 Å². The number of rotatable bonds is 6. The highest BCUT2D eigenvalue weighted by molar-refractivity contribution is 9.09. The maximum absolute atomic E-state index is 6.14. The summed E-state index contributed by atoms with van der Waals surface area (Å²) in [7, 11) is 1.67. The summed E-state index contributed by atoms with van der Waals surface area (Å²) in [6.45, 7) is 2.67. The molecule has 1 atom stereocenters. The van der Waals surface area contributed by atoms with Crippen LogP contribution < -0.4 is 4.74 Å². The molecule has 0 N–H and O–H groups in total. The second-order valence-corrected chi connectivity index (χ2v) is 5.43. The molecular weight excluding hydrogens is 316 g/mol. The topological polar surface area (TPSA) is 18.5 Å². The van der Waals surface area contributed by atoms with Crippen molar-refractivity contribution in [1.82, 2.24) is 0 Å². The third kappa shape index (κ3) is 3.62. The van der Waals surface area contributed by atoms with Gasteiger partial charge in [-0.05, 0) is 30.2 Å². The molecule has 0 aliphatic rings. The van der Waals surface area contributed by atoms with Crippen molar-refractivity contribution in [2.45, 2.75) is 19.1 Å². The predicted molar refractivity (Wildman–Crippen MR) is 85.4 cm³/mol. The van der Waals surface area contributed by atoms with Crippen molar-refractivity contribution in [3.63, 3.8) is 0 Å². The van der Waals surface area contributed by atoms with E-state index < -0.39 is 0 Å². The summed E-state index contributed by atoms with van der Waals surface area (Å²) in [4.78, 5) is 0. The zero-order chi connectivity index (χ0) is 14.4. The van der Waals surface area contributed by atoms with Crippen molar-refractivity contribution >= 4 is 15.9 Å². The normalized spacial score (nSPS) is 13.8. The van der Waals surface area contributed by atoms with Gasteiger partial charge in [-0.1, -0.05) is 58.4 Å². The Morgan fingerprint density at radius 2 is 1.65 bits per heavy atom. The predicted octanol–water partition coefficient (Wildman–Crippen LogP) is 4.52. The Kier molecular flexibility index (Phi) is 5.21. The average Bonchev–Trinajstić information content (AvgIpc) is 2.54. The molecule has 0 amide bonds. The highest BCUT2D eigenvalue weighted by Gasteiger charge is 2.26. The minimum Gasteiger partial charge on any atom is -0.497 e. The molecule has 0 saturated heterocycles. The van der Waals surface area contributed by atoms with E-state index >= 15 is 0 Å². The van der Waals surface area contributed by atoms with Gasteiger partial charge in [-0.2, -0.15) is 0 Å². The molecule has 0 fully saturated rings. The lowest BCUT2D eigenvalue weighted by molar-refractivity contribution is -0.0289. The number of alkyl halides is 1. The van der Waals surface area contributed by atoms with Crippen LogP contribution in [0.1, 0.15) is 18.1 Å². The molecule has 0 radical (unpaired) electrons. The van der Waals surface area contributed by atoms with Crippen LogP contribution in [0.5, 0.6) is 5.75 Å². The minimum absolute atomic E-state index is 0.332. The average molecular weight is 335 g/mol. The van der Waals surface area contributed by atoms with Gasteiger partial charge in [-0.25, -0.2) is 0 Å². The van der Waals surface area contributed by atoms with Crippen LogP contribution in [0, 0.1) is 0 Å². The monoisotopic (exact) mass is 334 g/mol. The van der Waals surface area contributed by atoms with Gasteiger partial charge >= 0.3 is 0 Å². The summed E-state index contributed by atoms with van der Waals surface area (Å²) in [5, 5.41) is 0.750. The van der Waals surface area contributed by atoms with E-state index in [0.29, 0.717) is 6.61 Å². The Bertz CT molecular complexity index is 524. The molecular formula is C17H19BrO2. The van der Waals surface area contributed by atoms with Gasteiger partial charge < -0.3 is 9.47 Å². The second kappa shape index (κ2) is 6.91. The van der Waals surface area contributed by atoms with Crippen LogP contribution >= 0.6 is 15.9 Å². The third-order valence-corrected chi connectivity index (χ3v) is 4.43. The van der Waals surface area contributed by atoms with Gasteiger partial charge in [0.1, 0.15) is 11.4 Å². The standard InChI is InChI=1S/C17H19BrO2/c1-17(13-18,15-6-4-3-5-7-15)20-12-14-8-10-16(19-2)11-9-14/h3-11H,12-13H2,1-2H3. The number of ether oxygens (including phenoxy) is 2. The number of hydrogen-bond donors (Lipinski definition) is 0. The quantitative estimate of drug-likeness (QED) is 0.723. The van der Waals surface area contributed by atoms with Crippen molar-refractivity contribution in [2.75, 3.05) is 12.4 Å². The Morgan fingerprint density at radius 1 is 1.00 bits per heavy atom. The molecule has 0 heterocycles. The first-order chi connectivity index (χ1) is 9.68. The zero-order valence-electron chi connectivity index (χ0n) is 11.8. The van der Waals surface area contributed by atoms with Crippen molar-refractivity contribution in [3.05, 3.63) is 65.7 Å². The van der Waals surface area contributed by atoms with Crippen LogP contribution in [0.15, 0.2) is 54.6 Å². The van der Waals surface area contributed by atoms with E-state index in [9.17, 15) is 0 Å². The number of halogens is 1. The summed E-state index contributed by atoms with van der Waals surface area (Å²) in [5.41, 5.74) is 1.97. The van der Waals surface area contributed by atoms with Crippen molar-refractivity contribution < 1.29 is 9.47 Å². The molecule has 3 heteroatoms. The van der Waals surface area contributed by atoms with E-state index in [4.69, 9.17) is 9.47 Å². The second-order valence-electron chi connectivity index (χ2n) is 4.87. The molecule has 0 spiro atoms. The van der Waals surface area contributed by atoms with Gasteiger partial charge in [0, 0.05) is 5.33 Å². The number of benzene rings is 2. The van der Waals surface area contributed by atoms with Crippen LogP contribution in [-0.2, 0) is 16.9 Å². The molecule has 0 aliphatic carbocycles. The fourth-order valence-corrected chi connectivity index (χ4v) is 2.44. The van der Waals surface area contributed by atoms with Gasteiger partial charge in [-0.15, -0.1) is 0 Å². The lowest BCUT2D eigenvalue weighted by Crippen LogP contribution is -2.27. The zero-order valence-corrected chi connectivity index (χ0v) is 13.4. The molecule has 0 aliphatic heterocycles.